The van der Waals surface area contributed by atoms with E-state index in [1.165, 1.54) is 25.0 Å². The highest BCUT2D eigenvalue weighted by Gasteiger charge is 2.45. The average molecular weight is 419 g/mol. The van der Waals surface area contributed by atoms with Crippen LogP contribution in [0, 0.1) is 24.2 Å². The van der Waals surface area contributed by atoms with Crippen LogP contribution in [0.4, 0.5) is 0 Å². The first-order chi connectivity index (χ1) is 13.5. The van der Waals surface area contributed by atoms with Crippen LogP contribution in [0.25, 0.3) is 0 Å². The van der Waals surface area contributed by atoms with Gasteiger partial charge in [0.05, 0.1) is 23.4 Å². The summed E-state index contributed by atoms with van der Waals surface area (Å²) >= 11 is 8.26. The number of likely N-dealkylation sites (tertiary alicyclic amines) is 1. The molecular formula is C23H31ClN2OS. The van der Waals surface area contributed by atoms with Gasteiger partial charge in [-0.1, -0.05) is 43.6 Å². The molecule has 1 aromatic heterocycles. The summed E-state index contributed by atoms with van der Waals surface area (Å²) in [6, 6.07) is 8.20. The molecule has 2 fully saturated rings. The molecule has 0 aliphatic carbocycles. The third kappa shape index (κ3) is 4.30. The molecule has 1 spiro atoms. The van der Waals surface area contributed by atoms with Crippen molar-refractivity contribution in [3.8, 4) is 0 Å². The van der Waals surface area contributed by atoms with Crippen molar-refractivity contribution in [2.45, 2.75) is 52.7 Å². The predicted molar refractivity (Wildman–Crippen MR) is 117 cm³/mol. The summed E-state index contributed by atoms with van der Waals surface area (Å²) in [5.74, 6) is 1.09. The third-order valence-electron chi connectivity index (χ3n) is 6.66. The number of thiazole rings is 1. The molecule has 0 saturated carbocycles. The Morgan fingerprint density at radius 2 is 2.04 bits per heavy atom. The molecule has 0 bridgehead atoms. The van der Waals surface area contributed by atoms with Crippen molar-refractivity contribution < 1.29 is 4.74 Å². The molecule has 0 radical (unpaired) electrons. The summed E-state index contributed by atoms with van der Waals surface area (Å²) in [7, 11) is 0. The van der Waals surface area contributed by atoms with Gasteiger partial charge in [0.1, 0.15) is 0 Å². The standard InChI is InChI=1S/C23H31ClN2OS/c1-16(2)20-12-23(15-27-22(20)19-6-4-5-7-21(19)24)8-10-26(11-9-23)13-18-14-28-17(3)25-18/h4-7,14,16,20,22H,8-13,15H2,1-3H3/t20-,22-/m1/s1. The number of aromatic nitrogens is 1. The van der Waals surface area contributed by atoms with Gasteiger partial charge in [-0.05, 0) is 68.2 Å². The highest BCUT2D eigenvalue weighted by Crippen LogP contribution is 2.50. The van der Waals surface area contributed by atoms with Crippen molar-refractivity contribution in [2.75, 3.05) is 19.7 Å². The van der Waals surface area contributed by atoms with Crippen LogP contribution in [-0.4, -0.2) is 29.6 Å². The Balaban J connectivity index is 1.42. The van der Waals surface area contributed by atoms with Gasteiger partial charge in [-0.2, -0.15) is 0 Å². The number of nitrogens with zero attached hydrogens (tertiary/aromatic N) is 2. The quantitative estimate of drug-likeness (QED) is 0.597. The van der Waals surface area contributed by atoms with Crippen molar-refractivity contribution in [3.63, 3.8) is 0 Å². The van der Waals surface area contributed by atoms with Crippen LogP contribution in [-0.2, 0) is 11.3 Å². The fraction of sp³-hybridized carbons (Fsp3) is 0.609. The lowest BCUT2D eigenvalue weighted by Crippen LogP contribution is -2.47. The molecule has 152 valence electrons. The van der Waals surface area contributed by atoms with Gasteiger partial charge in [-0.15, -0.1) is 11.3 Å². The third-order valence-corrected chi connectivity index (χ3v) is 7.83. The van der Waals surface area contributed by atoms with Gasteiger partial charge in [0.2, 0.25) is 0 Å². The molecule has 2 atom stereocenters. The minimum absolute atomic E-state index is 0.121. The van der Waals surface area contributed by atoms with Gasteiger partial charge >= 0.3 is 0 Å². The topological polar surface area (TPSA) is 25.4 Å². The van der Waals surface area contributed by atoms with E-state index in [9.17, 15) is 0 Å². The lowest BCUT2D eigenvalue weighted by molar-refractivity contribution is -0.131. The van der Waals surface area contributed by atoms with Crippen LogP contribution < -0.4 is 0 Å². The number of rotatable bonds is 4. The molecule has 0 N–H and O–H groups in total. The van der Waals surface area contributed by atoms with E-state index >= 15 is 0 Å². The van der Waals surface area contributed by atoms with E-state index in [4.69, 9.17) is 16.3 Å². The fourth-order valence-electron chi connectivity index (χ4n) is 4.91. The minimum atomic E-state index is 0.121. The van der Waals surface area contributed by atoms with Crippen molar-refractivity contribution >= 4 is 22.9 Å². The Hall–Kier alpha value is -0.940. The second-order valence-electron chi connectivity index (χ2n) is 9.00. The Morgan fingerprint density at radius 3 is 2.68 bits per heavy atom. The number of halogens is 1. The number of aryl methyl sites for hydroxylation is 1. The Morgan fingerprint density at radius 1 is 1.29 bits per heavy atom. The number of benzene rings is 1. The zero-order chi connectivity index (χ0) is 19.7. The maximum Gasteiger partial charge on any atom is 0.0897 e. The second-order valence-corrected chi connectivity index (χ2v) is 10.5. The summed E-state index contributed by atoms with van der Waals surface area (Å²) in [6.45, 7) is 10.9. The zero-order valence-electron chi connectivity index (χ0n) is 17.2. The van der Waals surface area contributed by atoms with Gasteiger partial charge in [0.15, 0.2) is 0 Å². The smallest absolute Gasteiger partial charge is 0.0897 e. The summed E-state index contributed by atoms with van der Waals surface area (Å²) in [6.07, 6.45) is 3.79. The van der Waals surface area contributed by atoms with Crippen molar-refractivity contribution in [3.05, 3.63) is 50.9 Å². The first-order valence-corrected chi connectivity index (χ1v) is 11.7. The molecular weight excluding hydrogens is 388 g/mol. The van der Waals surface area contributed by atoms with Gasteiger partial charge in [0, 0.05) is 16.9 Å². The molecule has 2 aliphatic heterocycles. The minimum Gasteiger partial charge on any atom is -0.373 e. The second kappa shape index (κ2) is 8.43. The Labute approximate surface area is 178 Å². The van der Waals surface area contributed by atoms with Crippen LogP contribution in [0.5, 0.6) is 0 Å². The first-order valence-electron chi connectivity index (χ1n) is 10.5. The zero-order valence-corrected chi connectivity index (χ0v) is 18.7. The summed E-state index contributed by atoms with van der Waals surface area (Å²) in [4.78, 5) is 7.20. The summed E-state index contributed by atoms with van der Waals surface area (Å²) in [5, 5.41) is 4.20. The summed E-state index contributed by atoms with van der Waals surface area (Å²) < 4.78 is 6.56. The molecule has 3 heterocycles. The molecule has 3 nitrogen and oxygen atoms in total. The predicted octanol–water partition coefficient (Wildman–Crippen LogP) is 6.12. The van der Waals surface area contributed by atoms with E-state index in [1.54, 1.807) is 11.3 Å². The maximum absolute atomic E-state index is 6.56. The van der Waals surface area contributed by atoms with E-state index in [-0.39, 0.29) is 6.10 Å². The van der Waals surface area contributed by atoms with Crippen LogP contribution in [0.1, 0.15) is 55.5 Å². The number of ether oxygens (including phenoxy) is 1. The van der Waals surface area contributed by atoms with E-state index in [1.807, 2.05) is 12.1 Å². The van der Waals surface area contributed by atoms with Crippen LogP contribution in [0.3, 0.4) is 0 Å². The lowest BCUT2D eigenvalue weighted by Gasteiger charge is -2.50. The average Bonchev–Trinajstić information content (AvgIpc) is 3.09. The van der Waals surface area contributed by atoms with Crippen LogP contribution >= 0.6 is 22.9 Å². The van der Waals surface area contributed by atoms with Gasteiger partial charge in [-0.3, -0.25) is 4.90 Å². The number of piperidine rings is 1. The van der Waals surface area contributed by atoms with Crippen molar-refractivity contribution in [1.82, 2.24) is 9.88 Å². The van der Waals surface area contributed by atoms with Crippen LogP contribution in [0.2, 0.25) is 5.02 Å². The van der Waals surface area contributed by atoms with Gasteiger partial charge < -0.3 is 4.74 Å². The molecule has 2 aliphatic rings. The maximum atomic E-state index is 6.56. The largest absolute Gasteiger partial charge is 0.373 e. The van der Waals surface area contributed by atoms with E-state index in [0.29, 0.717) is 17.3 Å². The molecule has 4 rings (SSSR count). The first kappa shape index (κ1) is 20.3. The Bertz CT molecular complexity index is 797. The van der Waals surface area contributed by atoms with Crippen LogP contribution in [0.15, 0.2) is 29.6 Å². The van der Waals surface area contributed by atoms with E-state index < -0.39 is 0 Å². The molecule has 28 heavy (non-hydrogen) atoms. The molecule has 1 aromatic carbocycles. The molecule has 2 saturated heterocycles. The molecule has 0 amide bonds. The summed E-state index contributed by atoms with van der Waals surface area (Å²) in [5.41, 5.74) is 2.70. The van der Waals surface area contributed by atoms with E-state index in [0.717, 1.165) is 41.8 Å². The number of hydrogen-bond donors (Lipinski definition) is 0. The monoisotopic (exact) mass is 418 g/mol. The van der Waals surface area contributed by atoms with E-state index in [2.05, 4.69) is 48.2 Å². The fourth-order valence-corrected chi connectivity index (χ4v) is 5.76. The Kier molecular flexibility index (Phi) is 6.12. The SMILES string of the molecule is Cc1nc(CN2CCC3(CC2)CO[C@H](c2ccccc2Cl)[C@@H](C(C)C)C3)cs1. The lowest BCUT2D eigenvalue weighted by atomic mass is 9.66. The van der Waals surface area contributed by atoms with Gasteiger partial charge in [0.25, 0.3) is 0 Å². The molecule has 5 heteroatoms. The highest BCUT2D eigenvalue weighted by atomic mass is 35.5. The highest BCUT2D eigenvalue weighted by molar-refractivity contribution is 7.09. The normalized spacial score (nSPS) is 25.5. The molecule has 0 unspecified atom stereocenters. The van der Waals surface area contributed by atoms with Crippen molar-refractivity contribution in [1.29, 1.82) is 0 Å². The molecule has 2 aromatic rings. The van der Waals surface area contributed by atoms with Crippen molar-refractivity contribution in [2.24, 2.45) is 17.3 Å². The number of hydrogen-bond acceptors (Lipinski definition) is 4. The van der Waals surface area contributed by atoms with Gasteiger partial charge in [-0.25, -0.2) is 4.98 Å².